The van der Waals surface area contributed by atoms with Crippen LogP contribution in [0, 0.1) is 5.92 Å². The lowest BCUT2D eigenvalue weighted by Gasteiger charge is -2.45. The smallest absolute Gasteiger partial charge is 0.137 e. The Morgan fingerprint density at radius 3 is 2.52 bits per heavy atom. The zero-order valence-corrected chi connectivity index (χ0v) is 18.4. The van der Waals surface area contributed by atoms with Crippen molar-refractivity contribution < 1.29 is 14.6 Å². The summed E-state index contributed by atoms with van der Waals surface area (Å²) in [5, 5.41) is 14.7. The number of benzene rings is 3. The Hall–Kier alpha value is -2.56. The Morgan fingerprint density at radius 2 is 1.81 bits per heavy atom. The van der Waals surface area contributed by atoms with Gasteiger partial charge in [-0.25, -0.2) is 0 Å². The standard InChI is InChI=1S/C26H28ClNO3/c1-2-5-22-15-28(26(29)30)16-24(25(22)20-10-12-23(27)13-11-20)31-17-18-8-9-19-6-3-4-7-21(19)14-18/h3-4,6-14,22,24-25H,2,5,15-17H2,1H3,(H,29,30)/p-1. The minimum absolute atomic E-state index is 0.105. The maximum absolute atomic E-state index is 11.7. The predicted octanol–water partition coefficient (Wildman–Crippen LogP) is 5.24. The Morgan fingerprint density at radius 1 is 1.06 bits per heavy atom. The lowest BCUT2D eigenvalue weighted by molar-refractivity contribution is -0.269. The summed E-state index contributed by atoms with van der Waals surface area (Å²) in [6, 6.07) is 22.4. The third-order valence-corrected chi connectivity index (χ3v) is 6.47. The van der Waals surface area contributed by atoms with Crippen molar-refractivity contribution in [2.75, 3.05) is 13.1 Å². The van der Waals surface area contributed by atoms with E-state index >= 15 is 0 Å². The third-order valence-electron chi connectivity index (χ3n) is 6.21. The van der Waals surface area contributed by atoms with Gasteiger partial charge in [0.1, 0.15) is 6.09 Å². The maximum atomic E-state index is 11.7. The molecule has 0 bridgehead atoms. The summed E-state index contributed by atoms with van der Waals surface area (Å²) in [7, 11) is 0. The van der Waals surface area contributed by atoms with Gasteiger partial charge >= 0.3 is 0 Å². The Balaban J connectivity index is 1.60. The van der Waals surface area contributed by atoms with Gasteiger partial charge in [-0.2, -0.15) is 0 Å². The van der Waals surface area contributed by atoms with E-state index in [1.807, 2.05) is 36.4 Å². The van der Waals surface area contributed by atoms with Crippen LogP contribution < -0.4 is 5.11 Å². The Kier molecular flexibility index (Phi) is 6.79. The average Bonchev–Trinajstić information content (AvgIpc) is 2.78. The minimum Gasteiger partial charge on any atom is -0.530 e. The van der Waals surface area contributed by atoms with E-state index in [-0.39, 0.29) is 17.9 Å². The maximum Gasteiger partial charge on any atom is 0.137 e. The van der Waals surface area contributed by atoms with Crippen LogP contribution in [0.3, 0.4) is 0 Å². The third kappa shape index (κ3) is 5.03. The number of ether oxygens (including phenoxy) is 1. The molecule has 3 aromatic carbocycles. The van der Waals surface area contributed by atoms with E-state index in [4.69, 9.17) is 16.3 Å². The van der Waals surface area contributed by atoms with Crippen molar-refractivity contribution in [3.05, 3.63) is 82.9 Å². The molecule has 0 saturated carbocycles. The van der Waals surface area contributed by atoms with Gasteiger partial charge in [-0.05, 0) is 52.4 Å². The lowest BCUT2D eigenvalue weighted by Crippen LogP contribution is -2.54. The van der Waals surface area contributed by atoms with Crippen molar-refractivity contribution in [3.8, 4) is 0 Å². The summed E-state index contributed by atoms with van der Waals surface area (Å²) in [6.07, 6.45) is 0.519. The first-order valence-electron chi connectivity index (χ1n) is 10.9. The number of carboxylic acid groups (broad SMARTS) is 1. The summed E-state index contributed by atoms with van der Waals surface area (Å²) in [6.45, 7) is 3.34. The number of carbonyl (C=O) groups excluding carboxylic acids is 1. The van der Waals surface area contributed by atoms with Crippen molar-refractivity contribution in [1.29, 1.82) is 0 Å². The highest BCUT2D eigenvalue weighted by molar-refractivity contribution is 6.30. The summed E-state index contributed by atoms with van der Waals surface area (Å²) in [4.78, 5) is 13.1. The van der Waals surface area contributed by atoms with Crippen molar-refractivity contribution in [2.24, 2.45) is 5.92 Å². The first-order valence-corrected chi connectivity index (χ1v) is 11.2. The van der Waals surface area contributed by atoms with Crippen LogP contribution in [-0.2, 0) is 11.3 Å². The van der Waals surface area contributed by atoms with Crippen molar-refractivity contribution in [1.82, 2.24) is 4.90 Å². The fourth-order valence-electron chi connectivity index (χ4n) is 4.76. The second-order valence-corrected chi connectivity index (χ2v) is 8.76. The monoisotopic (exact) mass is 436 g/mol. The van der Waals surface area contributed by atoms with Crippen LogP contribution >= 0.6 is 11.6 Å². The molecular weight excluding hydrogens is 410 g/mol. The molecule has 3 unspecified atom stereocenters. The van der Waals surface area contributed by atoms with E-state index in [0.29, 0.717) is 24.7 Å². The van der Waals surface area contributed by atoms with Crippen LogP contribution in [0.2, 0.25) is 5.02 Å². The number of halogens is 1. The van der Waals surface area contributed by atoms with Crippen LogP contribution in [0.5, 0.6) is 0 Å². The van der Waals surface area contributed by atoms with Crippen LogP contribution in [0.15, 0.2) is 66.7 Å². The Bertz CT molecular complexity index is 1040. The highest BCUT2D eigenvalue weighted by Gasteiger charge is 2.38. The first kappa shape index (κ1) is 21.7. The van der Waals surface area contributed by atoms with E-state index in [1.165, 1.54) is 15.7 Å². The molecule has 0 aromatic heterocycles. The first-order chi connectivity index (χ1) is 15.0. The molecular formula is C26H27ClNO3-. The van der Waals surface area contributed by atoms with Crippen LogP contribution in [0.25, 0.3) is 10.8 Å². The van der Waals surface area contributed by atoms with Gasteiger partial charge < -0.3 is 19.5 Å². The van der Waals surface area contributed by atoms with Crippen molar-refractivity contribution in [3.63, 3.8) is 0 Å². The van der Waals surface area contributed by atoms with E-state index in [9.17, 15) is 9.90 Å². The summed E-state index contributed by atoms with van der Waals surface area (Å²) in [5.74, 6) is 0.271. The molecule has 1 amide bonds. The fourth-order valence-corrected chi connectivity index (χ4v) is 4.88. The number of likely N-dealkylation sites (tertiary alicyclic amines) is 1. The van der Waals surface area contributed by atoms with Crippen LogP contribution in [0.1, 0.15) is 36.8 Å². The second kappa shape index (κ2) is 9.71. The minimum atomic E-state index is -1.13. The number of carbonyl (C=O) groups is 1. The molecule has 4 rings (SSSR count). The summed E-state index contributed by atoms with van der Waals surface area (Å²) in [5.41, 5.74) is 2.22. The summed E-state index contributed by atoms with van der Waals surface area (Å²) < 4.78 is 6.41. The highest BCUT2D eigenvalue weighted by Crippen LogP contribution is 2.38. The number of rotatable bonds is 6. The molecule has 5 heteroatoms. The van der Waals surface area contributed by atoms with E-state index in [1.54, 1.807) is 0 Å². The van der Waals surface area contributed by atoms with Gasteiger partial charge in [-0.15, -0.1) is 0 Å². The zero-order valence-electron chi connectivity index (χ0n) is 17.7. The number of fused-ring (bicyclic) bond motifs is 1. The molecule has 1 fully saturated rings. The quantitative estimate of drug-likeness (QED) is 0.531. The Labute approximate surface area is 188 Å². The van der Waals surface area contributed by atoms with Gasteiger partial charge in [0.05, 0.1) is 12.7 Å². The number of piperidine rings is 1. The zero-order chi connectivity index (χ0) is 21.8. The van der Waals surface area contributed by atoms with Gasteiger partial charge in [0.25, 0.3) is 0 Å². The molecule has 0 radical (unpaired) electrons. The molecule has 0 N–H and O–H groups in total. The molecule has 4 nitrogen and oxygen atoms in total. The largest absolute Gasteiger partial charge is 0.530 e. The molecule has 1 aliphatic rings. The van der Waals surface area contributed by atoms with Gasteiger partial charge in [-0.3, -0.25) is 0 Å². The lowest BCUT2D eigenvalue weighted by atomic mass is 9.76. The molecule has 0 spiro atoms. The number of nitrogens with zero attached hydrogens (tertiary/aromatic N) is 1. The molecule has 1 aliphatic heterocycles. The fraction of sp³-hybridized carbons (Fsp3) is 0.346. The molecule has 3 aromatic rings. The molecule has 3 atom stereocenters. The number of hydrogen-bond acceptors (Lipinski definition) is 3. The van der Waals surface area contributed by atoms with E-state index < -0.39 is 6.09 Å². The summed E-state index contributed by atoms with van der Waals surface area (Å²) >= 11 is 6.11. The van der Waals surface area contributed by atoms with Gasteiger partial charge in [-0.1, -0.05) is 73.5 Å². The van der Waals surface area contributed by atoms with E-state index in [2.05, 4.69) is 37.3 Å². The molecule has 1 heterocycles. The normalized spacial score (nSPS) is 21.4. The second-order valence-electron chi connectivity index (χ2n) is 8.33. The molecule has 162 valence electrons. The molecule has 31 heavy (non-hydrogen) atoms. The number of hydrogen-bond donors (Lipinski definition) is 0. The van der Waals surface area contributed by atoms with Crippen LogP contribution in [-0.4, -0.2) is 30.2 Å². The van der Waals surface area contributed by atoms with Crippen molar-refractivity contribution in [2.45, 2.75) is 38.4 Å². The van der Waals surface area contributed by atoms with Crippen LogP contribution in [0.4, 0.5) is 4.79 Å². The van der Waals surface area contributed by atoms with Gasteiger partial charge in [0, 0.05) is 24.0 Å². The topological polar surface area (TPSA) is 52.6 Å². The predicted molar refractivity (Wildman–Crippen MR) is 122 cm³/mol. The molecule has 0 aliphatic carbocycles. The average molecular weight is 437 g/mol. The van der Waals surface area contributed by atoms with E-state index in [0.717, 1.165) is 24.0 Å². The van der Waals surface area contributed by atoms with Crippen molar-refractivity contribution >= 4 is 28.5 Å². The SMILES string of the molecule is CCCC1CN(C(=O)[O-])CC(OCc2ccc3ccccc3c2)C1c1ccc(Cl)cc1. The highest BCUT2D eigenvalue weighted by atomic mass is 35.5. The molecule has 1 saturated heterocycles. The number of amides is 1. The van der Waals surface area contributed by atoms with Gasteiger partial charge in [0.15, 0.2) is 0 Å². The van der Waals surface area contributed by atoms with Gasteiger partial charge in [0.2, 0.25) is 0 Å².